The first-order valence-electron chi connectivity index (χ1n) is 7.21. The van der Waals surface area contributed by atoms with Gasteiger partial charge in [-0.2, -0.15) is 0 Å². The Morgan fingerprint density at radius 3 is 2.90 bits per heavy atom. The molecule has 2 atom stereocenters. The van der Waals surface area contributed by atoms with Gasteiger partial charge in [0, 0.05) is 17.8 Å². The van der Waals surface area contributed by atoms with Crippen LogP contribution in [0.25, 0.3) is 0 Å². The molecule has 110 valence electrons. The molecule has 2 nitrogen and oxygen atoms in total. The predicted molar refractivity (Wildman–Crippen MR) is 86.1 cm³/mol. The fourth-order valence-corrected chi connectivity index (χ4v) is 3.39. The second-order valence-corrected chi connectivity index (χ2v) is 6.38. The molecule has 2 unspecified atom stereocenters. The summed E-state index contributed by atoms with van der Waals surface area (Å²) in [6.07, 6.45) is 5.06. The Labute approximate surface area is 134 Å². The molecular formula is C17H17Cl2NO. The van der Waals surface area contributed by atoms with Gasteiger partial charge in [0.05, 0.1) is 16.1 Å². The predicted octanol–water partition coefficient (Wildman–Crippen LogP) is 4.41. The highest BCUT2D eigenvalue weighted by Gasteiger charge is 2.27. The Balaban J connectivity index is 1.80. The average molecular weight is 322 g/mol. The molecule has 0 bridgehead atoms. The molecule has 21 heavy (non-hydrogen) atoms. The van der Waals surface area contributed by atoms with Gasteiger partial charge in [-0.3, -0.25) is 4.98 Å². The van der Waals surface area contributed by atoms with E-state index in [0.29, 0.717) is 16.5 Å². The summed E-state index contributed by atoms with van der Waals surface area (Å²) in [6.45, 7) is 0. The van der Waals surface area contributed by atoms with E-state index in [1.807, 2.05) is 24.4 Å². The van der Waals surface area contributed by atoms with E-state index in [9.17, 15) is 5.11 Å². The van der Waals surface area contributed by atoms with Crippen LogP contribution in [-0.4, -0.2) is 16.2 Å². The van der Waals surface area contributed by atoms with Crippen LogP contribution in [0.4, 0.5) is 0 Å². The second kappa shape index (κ2) is 6.35. The number of pyridine rings is 1. The molecular weight excluding hydrogens is 305 g/mol. The maximum atomic E-state index is 10.6. The number of halogens is 2. The molecule has 2 aromatic rings. The monoisotopic (exact) mass is 321 g/mol. The lowest BCUT2D eigenvalue weighted by atomic mass is 9.81. The van der Waals surface area contributed by atoms with Crippen molar-refractivity contribution in [2.24, 2.45) is 0 Å². The van der Waals surface area contributed by atoms with Crippen LogP contribution < -0.4 is 0 Å². The van der Waals surface area contributed by atoms with Crippen LogP contribution in [0.2, 0.25) is 10.0 Å². The van der Waals surface area contributed by atoms with Crippen molar-refractivity contribution in [2.45, 2.75) is 37.7 Å². The molecule has 4 heteroatoms. The van der Waals surface area contributed by atoms with Crippen molar-refractivity contribution in [2.75, 3.05) is 0 Å². The molecule has 1 aromatic heterocycles. The summed E-state index contributed by atoms with van der Waals surface area (Å²) in [7, 11) is 0. The molecule has 1 N–H and O–H groups in total. The number of aliphatic hydroxyl groups excluding tert-OH is 1. The van der Waals surface area contributed by atoms with E-state index < -0.39 is 6.10 Å². The van der Waals surface area contributed by atoms with Gasteiger partial charge in [0.25, 0.3) is 0 Å². The number of aromatic nitrogens is 1. The molecule has 0 aliphatic heterocycles. The van der Waals surface area contributed by atoms with E-state index in [4.69, 9.17) is 23.2 Å². The molecule has 1 aromatic carbocycles. The Hall–Kier alpha value is -1.09. The smallest absolute Gasteiger partial charge is 0.0664 e. The summed E-state index contributed by atoms with van der Waals surface area (Å²) in [5, 5.41) is 11.7. The van der Waals surface area contributed by atoms with Gasteiger partial charge in [-0.25, -0.2) is 0 Å². The average Bonchev–Trinajstić information content (AvgIpc) is 2.50. The maximum absolute atomic E-state index is 10.6. The molecule has 0 fully saturated rings. The zero-order valence-electron chi connectivity index (χ0n) is 11.6. The van der Waals surface area contributed by atoms with E-state index in [2.05, 4.69) is 11.1 Å². The first-order valence-corrected chi connectivity index (χ1v) is 7.96. The standard InChI is InChI=1S/C17H17Cl2NO/c18-14-7-6-11(9-15(14)19)10-16(21)13-5-1-3-12-4-2-8-20-17(12)13/h2,4,6-9,13,16,21H,1,3,5,10H2. The van der Waals surface area contributed by atoms with Crippen molar-refractivity contribution < 1.29 is 5.11 Å². The first-order chi connectivity index (χ1) is 10.1. The van der Waals surface area contributed by atoms with Gasteiger partial charge < -0.3 is 5.11 Å². The Bertz CT molecular complexity index is 644. The fraction of sp³-hybridized carbons (Fsp3) is 0.353. The summed E-state index contributed by atoms with van der Waals surface area (Å²) in [5.74, 6) is 0.101. The maximum Gasteiger partial charge on any atom is 0.0664 e. The van der Waals surface area contributed by atoms with Gasteiger partial charge in [-0.05, 0) is 55.0 Å². The number of benzene rings is 1. The highest BCUT2D eigenvalue weighted by atomic mass is 35.5. The Kier molecular flexibility index (Phi) is 4.48. The minimum Gasteiger partial charge on any atom is -0.392 e. The SMILES string of the molecule is OC(Cc1ccc(Cl)c(Cl)c1)C1CCCc2cccnc21. The first kappa shape index (κ1) is 14.8. The summed E-state index contributed by atoms with van der Waals surface area (Å²) in [5.41, 5.74) is 3.32. The van der Waals surface area contributed by atoms with Gasteiger partial charge in [-0.1, -0.05) is 35.3 Å². The third-order valence-corrected chi connectivity index (χ3v) is 4.87. The lowest BCUT2D eigenvalue weighted by Gasteiger charge is -2.28. The van der Waals surface area contributed by atoms with Gasteiger partial charge >= 0.3 is 0 Å². The molecule has 0 spiro atoms. The molecule has 1 aliphatic rings. The summed E-state index contributed by atoms with van der Waals surface area (Å²) < 4.78 is 0. The molecule has 0 saturated carbocycles. The molecule has 0 radical (unpaired) electrons. The van der Waals surface area contributed by atoms with Crippen LogP contribution in [-0.2, 0) is 12.8 Å². The van der Waals surface area contributed by atoms with E-state index in [1.54, 1.807) is 6.07 Å². The lowest BCUT2D eigenvalue weighted by molar-refractivity contribution is 0.132. The molecule has 1 aliphatic carbocycles. The van der Waals surface area contributed by atoms with Crippen LogP contribution in [0.3, 0.4) is 0 Å². The number of hydrogen-bond acceptors (Lipinski definition) is 2. The van der Waals surface area contributed by atoms with Gasteiger partial charge in [0.2, 0.25) is 0 Å². The highest BCUT2D eigenvalue weighted by molar-refractivity contribution is 6.42. The molecule has 0 amide bonds. The van der Waals surface area contributed by atoms with E-state index in [0.717, 1.165) is 30.5 Å². The Morgan fingerprint density at radius 1 is 1.24 bits per heavy atom. The van der Waals surface area contributed by atoms with Crippen molar-refractivity contribution in [1.29, 1.82) is 0 Å². The topological polar surface area (TPSA) is 33.1 Å². The van der Waals surface area contributed by atoms with Crippen molar-refractivity contribution >= 4 is 23.2 Å². The van der Waals surface area contributed by atoms with Crippen LogP contribution in [0.1, 0.15) is 35.6 Å². The third-order valence-electron chi connectivity index (χ3n) is 4.13. The number of hydrogen-bond donors (Lipinski definition) is 1. The van der Waals surface area contributed by atoms with E-state index in [1.165, 1.54) is 5.56 Å². The summed E-state index contributed by atoms with van der Waals surface area (Å²) in [6, 6.07) is 9.60. The summed E-state index contributed by atoms with van der Waals surface area (Å²) in [4.78, 5) is 4.49. The lowest BCUT2D eigenvalue weighted by Crippen LogP contribution is -2.26. The van der Waals surface area contributed by atoms with Crippen molar-refractivity contribution in [3.8, 4) is 0 Å². The normalized spacial score (nSPS) is 19.1. The van der Waals surface area contributed by atoms with Crippen LogP contribution in [0, 0.1) is 0 Å². The number of rotatable bonds is 3. The number of fused-ring (bicyclic) bond motifs is 1. The van der Waals surface area contributed by atoms with E-state index >= 15 is 0 Å². The zero-order valence-corrected chi connectivity index (χ0v) is 13.1. The number of nitrogens with zero attached hydrogens (tertiary/aromatic N) is 1. The van der Waals surface area contributed by atoms with Gasteiger partial charge in [-0.15, -0.1) is 0 Å². The summed E-state index contributed by atoms with van der Waals surface area (Å²) >= 11 is 12.0. The minimum absolute atomic E-state index is 0.101. The highest BCUT2D eigenvalue weighted by Crippen LogP contribution is 2.34. The van der Waals surface area contributed by atoms with Crippen LogP contribution >= 0.6 is 23.2 Å². The minimum atomic E-state index is -0.448. The van der Waals surface area contributed by atoms with Gasteiger partial charge in [0.15, 0.2) is 0 Å². The van der Waals surface area contributed by atoms with Crippen molar-refractivity contribution in [3.05, 3.63) is 63.4 Å². The van der Waals surface area contributed by atoms with Crippen LogP contribution in [0.15, 0.2) is 36.5 Å². The molecule has 0 saturated heterocycles. The number of aliphatic hydroxyl groups is 1. The quantitative estimate of drug-likeness (QED) is 0.908. The van der Waals surface area contributed by atoms with Crippen molar-refractivity contribution in [1.82, 2.24) is 4.98 Å². The fourth-order valence-electron chi connectivity index (χ4n) is 3.07. The molecule has 3 rings (SSSR count). The molecule has 1 heterocycles. The number of aryl methyl sites for hydroxylation is 1. The largest absolute Gasteiger partial charge is 0.392 e. The van der Waals surface area contributed by atoms with Crippen molar-refractivity contribution in [3.63, 3.8) is 0 Å². The second-order valence-electron chi connectivity index (χ2n) is 5.57. The third kappa shape index (κ3) is 3.23. The zero-order chi connectivity index (χ0) is 14.8. The Morgan fingerprint density at radius 2 is 2.10 bits per heavy atom. The van der Waals surface area contributed by atoms with Gasteiger partial charge in [0.1, 0.15) is 0 Å². The van der Waals surface area contributed by atoms with E-state index in [-0.39, 0.29) is 5.92 Å². The van der Waals surface area contributed by atoms with Crippen LogP contribution in [0.5, 0.6) is 0 Å².